The number of methoxy groups -OCH3 is 2. The van der Waals surface area contributed by atoms with E-state index in [0.717, 1.165) is 11.3 Å². The van der Waals surface area contributed by atoms with Gasteiger partial charge in [-0.25, -0.2) is 0 Å². The van der Waals surface area contributed by atoms with Crippen LogP contribution < -0.4 is 14.2 Å². The van der Waals surface area contributed by atoms with Gasteiger partial charge in [-0.3, -0.25) is 4.79 Å². The lowest BCUT2D eigenvalue weighted by molar-refractivity contribution is -0.134. The van der Waals surface area contributed by atoms with Crippen molar-refractivity contribution >= 4 is 5.97 Å². The molecule has 0 aliphatic heterocycles. The fourth-order valence-corrected chi connectivity index (χ4v) is 2.42. The summed E-state index contributed by atoms with van der Waals surface area (Å²) in [6.45, 7) is 0. The molecule has 7 heteroatoms. The number of hydrogen-bond donors (Lipinski definition) is 0. The van der Waals surface area contributed by atoms with E-state index in [1.165, 1.54) is 0 Å². The van der Waals surface area contributed by atoms with Crippen molar-refractivity contribution in [1.82, 2.24) is 10.1 Å². The van der Waals surface area contributed by atoms with E-state index in [2.05, 4.69) is 10.1 Å². The first kappa shape index (κ1) is 18.4. The summed E-state index contributed by atoms with van der Waals surface area (Å²) in [5, 5.41) is 3.97. The second kappa shape index (κ2) is 8.84. The van der Waals surface area contributed by atoms with Crippen molar-refractivity contribution in [3.63, 3.8) is 0 Å². The second-order valence-corrected chi connectivity index (χ2v) is 5.74. The van der Waals surface area contributed by atoms with Crippen LogP contribution in [0.25, 0.3) is 11.4 Å². The van der Waals surface area contributed by atoms with Gasteiger partial charge in [0, 0.05) is 18.4 Å². The Bertz CT molecular complexity index is 872. The van der Waals surface area contributed by atoms with Crippen molar-refractivity contribution in [3.8, 4) is 28.6 Å². The molecular weight excluding hydrogens is 348 g/mol. The number of rotatable bonds is 8. The number of aryl methyl sites for hydroxylation is 1. The summed E-state index contributed by atoms with van der Waals surface area (Å²) in [7, 11) is 3.19. The Morgan fingerprint density at radius 1 is 0.926 bits per heavy atom. The van der Waals surface area contributed by atoms with E-state index in [0.29, 0.717) is 36.1 Å². The topological polar surface area (TPSA) is 83.7 Å². The largest absolute Gasteiger partial charge is 0.497 e. The predicted molar refractivity (Wildman–Crippen MR) is 97.9 cm³/mol. The highest BCUT2D eigenvalue weighted by atomic mass is 16.5. The van der Waals surface area contributed by atoms with E-state index < -0.39 is 0 Å². The molecule has 0 aliphatic carbocycles. The molecule has 0 fully saturated rings. The van der Waals surface area contributed by atoms with E-state index in [1.54, 1.807) is 38.5 Å². The molecule has 1 heterocycles. The Hall–Kier alpha value is -3.35. The zero-order valence-electron chi connectivity index (χ0n) is 15.2. The number of benzene rings is 2. The van der Waals surface area contributed by atoms with Crippen LogP contribution in [0.1, 0.15) is 18.7 Å². The molecule has 0 amide bonds. The maximum Gasteiger partial charge on any atom is 0.311 e. The molecule has 0 atom stereocenters. The molecule has 0 N–H and O–H groups in total. The number of carbonyl (C=O) groups excluding carboxylic acids is 1. The molecule has 0 saturated carbocycles. The van der Waals surface area contributed by atoms with Crippen LogP contribution in [0.4, 0.5) is 0 Å². The van der Waals surface area contributed by atoms with Gasteiger partial charge in [-0.1, -0.05) is 5.16 Å². The summed E-state index contributed by atoms with van der Waals surface area (Å²) in [5.41, 5.74) is 0.838. The maximum absolute atomic E-state index is 11.9. The monoisotopic (exact) mass is 368 g/mol. The highest BCUT2D eigenvalue weighted by molar-refractivity contribution is 5.72. The molecule has 0 aliphatic rings. The Balaban J connectivity index is 1.47. The van der Waals surface area contributed by atoms with E-state index >= 15 is 0 Å². The predicted octanol–water partition coefficient (Wildman–Crippen LogP) is 3.68. The Morgan fingerprint density at radius 2 is 1.52 bits per heavy atom. The molecule has 1 aromatic heterocycles. The fourth-order valence-electron chi connectivity index (χ4n) is 2.42. The van der Waals surface area contributed by atoms with Crippen molar-refractivity contribution < 1.29 is 23.5 Å². The minimum Gasteiger partial charge on any atom is -0.497 e. The van der Waals surface area contributed by atoms with Gasteiger partial charge < -0.3 is 18.7 Å². The Kier molecular flexibility index (Phi) is 6.04. The molecule has 0 bridgehead atoms. The number of nitrogens with zero attached hydrogens (tertiary/aromatic N) is 2. The molecule has 3 rings (SSSR count). The smallest absolute Gasteiger partial charge is 0.311 e. The standard InChI is InChI=1S/C20H20N2O5/c1-24-15-8-6-14(7-9-15)20-21-18(27-22-20)4-3-5-19(23)26-17-12-10-16(25-2)11-13-17/h6-13H,3-5H2,1-2H3. The third-order valence-corrected chi connectivity index (χ3v) is 3.88. The molecule has 0 spiro atoms. The van der Waals surface area contributed by atoms with Crippen molar-refractivity contribution in [1.29, 1.82) is 0 Å². The molecule has 0 saturated heterocycles. The van der Waals surface area contributed by atoms with Crippen molar-refractivity contribution in [2.75, 3.05) is 14.2 Å². The average molecular weight is 368 g/mol. The SMILES string of the molecule is COc1ccc(OC(=O)CCCc2nc(-c3ccc(OC)cc3)no2)cc1. The van der Waals surface area contributed by atoms with Gasteiger partial charge in [-0.15, -0.1) is 0 Å². The van der Waals surface area contributed by atoms with Crippen LogP contribution in [0, 0.1) is 0 Å². The molecule has 140 valence electrons. The van der Waals surface area contributed by atoms with Gasteiger partial charge in [0.2, 0.25) is 11.7 Å². The van der Waals surface area contributed by atoms with E-state index in [4.69, 9.17) is 18.7 Å². The summed E-state index contributed by atoms with van der Waals surface area (Å²) < 4.78 is 20.7. The van der Waals surface area contributed by atoms with Gasteiger partial charge in [-0.05, 0) is 55.0 Å². The highest BCUT2D eigenvalue weighted by Gasteiger charge is 2.11. The van der Waals surface area contributed by atoms with Crippen LogP contribution in [0.5, 0.6) is 17.2 Å². The van der Waals surface area contributed by atoms with Gasteiger partial charge in [0.25, 0.3) is 0 Å². The number of ether oxygens (including phenoxy) is 3. The summed E-state index contributed by atoms with van der Waals surface area (Å²) in [4.78, 5) is 16.3. The lowest BCUT2D eigenvalue weighted by atomic mass is 10.2. The van der Waals surface area contributed by atoms with Crippen LogP contribution in [-0.4, -0.2) is 30.3 Å². The van der Waals surface area contributed by atoms with Crippen molar-refractivity contribution in [3.05, 3.63) is 54.4 Å². The van der Waals surface area contributed by atoms with Crippen molar-refractivity contribution in [2.45, 2.75) is 19.3 Å². The number of hydrogen-bond acceptors (Lipinski definition) is 7. The second-order valence-electron chi connectivity index (χ2n) is 5.74. The first-order valence-electron chi connectivity index (χ1n) is 8.49. The first-order valence-corrected chi connectivity index (χ1v) is 8.49. The van der Waals surface area contributed by atoms with Gasteiger partial charge in [0.1, 0.15) is 17.2 Å². The van der Waals surface area contributed by atoms with Gasteiger partial charge >= 0.3 is 5.97 Å². The van der Waals surface area contributed by atoms with Crippen molar-refractivity contribution in [2.24, 2.45) is 0 Å². The summed E-state index contributed by atoms with van der Waals surface area (Å²) in [5.74, 6) is 2.64. The van der Waals surface area contributed by atoms with Crippen LogP contribution in [0.15, 0.2) is 53.1 Å². The third kappa shape index (κ3) is 5.07. The number of esters is 1. The Labute approximate surface area is 156 Å². The lowest BCUT2D eigenvalue weighted by Gasteiger charge is -2.04. The molecule has 0 radical (unpaired) electrons. The van der Waals surface area contributed by atoms with Gasteiger partial charge in [0.05, 0.1) is 14.2 Å². The van der Waals surface area contributed by atoms with E-state index in [-0.39, 0.29) is 12.4 Å². The highest BCUT2D eigenvalue weighted by Crippen LogP contribution is 2.20. The molecule has 3 aromatic rings. The van der Waals surface area contributed by atoms with Crippen LogP contribution in [0.2, 0.25) is 0 Å². The lowest BCUT2D eigenvalue weighted by Crippen LogP contribution is -2.08. The minimum absolute atomic E-state index is 0.256. The summed E-state index contributed by atoms with van der Waals surface area (Å²) >= 11 is 0. The van der Waals surface area contributed by atoms with Crippen LogP contribution >= 0.6 is 0 Å². The molecular formula is C20H20N2O5. The first-order chi connectivity index (χ1) is 13.2. The van der Waals surface area contributed by atoms with E-state index in [1.807, 2.05) is 24.3 Å². The zero-order chi connectivity index (χ0) is 19.1. The van der Waals surface area contributed by atoms with Gasteiger partial charge in [0.15, 0.2) is 0 Å². The normalized spacial score (nSPS) is 10.4. The van der Waals surface area contributed by atoms with Crippen LogP contribution in [-0.2, 0) is 11.2 Å². The fraction of sp³-hybridized carbons (Fsp3) is 0.250. The maximum atomic E-state index is 11.9. The van der Waals surface area contributed by atoms with Crippen LogP contribution in [0.3, 0.4) is 0 Å². The third-order valence-electron chi connectivity index (χ3n) is 3.88. The number of aromatic nitrogens is 2. The summed E-state index contributed by atoms with van der Waals surface area (Å²) in [6, 6.07) is 14.2. The summed E-state index contributed by atoms with van der Waals surface area (Å²) in [6.07, 6.45) is 1.31. The molecule has 2 aromatic carbocycles. The Morgan fingerprint density at radius 3 is 2.15 bits per heavy atom. The quantitative estimate of drug-likeness (QED) is 0.443. The zero-order valence-corrected chi connectivity index (χ0v) is 15.2. The molecule has 7 nitrogen and oxygen atoms in total. The minimum atomic E-state index is -0.310. The number of carbonyl (C=O) groups is 1. The van der Waals surface area contributed by atoms with E-state index in [9.17, 15) is 4.79 Å². The average Bonchev–Trinajstić information content (AvgIpc) is 3.17. The van der Waals surface area contributed by atoms with Gasteiger partial charge in [-0.2, -0.15) is 4.98 Å². The molecule has 0 unspecified atom stereocenters. The molecule has 27 heavy (non-hydrogen) atoms.